The Bertz CT molecular complexity index is 810. The molecule has 2 unspecified atom stereocenters. The maximum atomic E-state index is 12.9. The molecule has 0 bridgehead atoms. The fourth-order valence-electron chi connectivity index (χ4n) is 3.81. The molecule has 0 N–H and O–H groups in total. The molecule has 0 amide bonds. The van der Waals surface area contributed by atoms with E-state index in [1.54, 1.807) is 13.1 Å². The number of carbonyl (C=O) groups excluding carboxylic acids is 2. The van der Waals surface area contributed by atoms with Gasteiger partial charge in [-0.3, -0.25) is 14.6 Å². The first-order valence-electron chi connectivity index (χ1n) is 8.29. The van der Waals surface area contributed by atoms with Crippen LogP contribution in [-0.2, 0) is 9.59 Å². The van der Waals surface area contributed by atoms with Gasteiger partial charge in [0, 0.05) is 24.1 Å². The highest BCUT2D eigenvalue weighted by Gasteiger charge is 2.43. The fraction of sp³-hybridized carbons (Fsp3) is 0.381. The van der Waals surface area contributed by atoms with Crippen molar-refractivity contribution in [1.29, 1.82) is 0 Å². The van der Waals surface area contributed by atoms with Crippen molar-refractivity contribution < 1.29 is 9.59 Å². The molecule has 0 saturated heterocycles. The summed E-state index contributed by atoms with van der Waals surface area (Å²) in [6, 6.07) is 3.94. The zero-order valence-corrected chi connectivity index (χ0v) is 14.3. The lowest BCUT2D eigenvalue weighted by Gasteiger charge is -2.16. The van der Waals surface area contributed by atoms with Crippen molar-refractivity contribution >= 4 is 17.8 Å². The van der Waals surface area contributed by atoms with Crippen LogP contribution in [0.1, 0.15) is 47.9 Å². The summed E-state index contributed by atoms with van der Waals surface area (Å²) in [5.74, 6) is 5.23. The molecule has 2 aliphatic rings. The maximum Gasteiger partial charge on any atom is 0.151 e. The number of carbonyl (C=O) groups is 2. The molecular formula is C21H21NO2. The first-order valence-corrected chi connectivity index (χ1v) is 8.29. The van der Waals surface area contributed by atoms with Crippen molar-refractivity contribution in [3.63, 3.8) is 0 Å². The first kappa shape index (κ1) is 16.4. The van der Waals surface area contributed by atoms with Gasteiger partial charge < -0.3 is 0 Å². The van der Waals surface area contributed by atoms with Gasteiger partial charge in [-0.05, 0) is 67.7 Å². The first-order chi connectivity index (χ1) is 11.5. The van der Waals surface area contributed by atoms with Gasteiger partial charge in [-0.15, -0.1) is 5.92 Å². The highest BCUT2D eigenvalue weighted by atomic mass is 16.2. The van der Waals surface area contributed by atoms with E-state index in [1.165, 1.54) is 0 Å². The molecule has 1 aliphatic carbocycles. The van der Waals surface area contributed by atoms with E-state index in [9.17, 15) is 9.59 Å². The van der Waals surface area contributed by atoms with Gasteiger partial charge >= 0.3 is 0 Å². The third-order valence-electron chi connectivity index (χ3n) is 4.83. The maximum absolute atomic E-state index is 12.9. The topological polar surface area (TPSA) is 46.5 Å². The van der Waals surface area contributed by atoms with Crippen molar-refractivity contribution in [2.75, 3.05) is 6.54 Å². The van der Waals surface area contributed by atoms with Crippen molar-refractivity contribution in [3.05, 3.63) is 46.0 Å². The number of aliphatic imine (C=N–C) groups is 1. The molecule has 24 heavy (non-hydrogen) atoms. The van der Waals surface area contributed by atoms with Crippen LogP contribution in [0.5, 0.6) is 0 Å². The van der Waals surface area contributed by atoms with Crippen molar-refractivity contribution in [2.45, 2.75) is 39.5 Å². The van der Waals surface area contributed by atoms with E-state index < -0.39 is 5.92 Å². The largest absolute Gasteiger partial charge is 0.298 e. The lowest BCUT2D eigenvalue weighted by Crippen LogP contribution is -2.18. The Balaban J connectivity index is 1.90. The molecule has 1 heterocycles. The summed E-state index contributed by atoms with van der Waals surface area (Å²) in [5.41, 5.74) is 4.90. The van der Waals surface area contributed by atoms with Crippen LogP contribution in [0.3, 0.4) is 0 Å². The number of ketones is 2. The van der Waals surface area contributed by atoms with E-state index >= 15 is 0 Å². The average Bonchev–Trinajstić information content (AvgIpc) is 3.11. The second-order valence-corrected chi connectivity index (χ2v) is 6.62. The van der Waals surface area contributed by atoms with Crippen LogP contribution in [0.4, 0.5) is 0 Å². The molecule has 3 heteroatoms. The molecule has 122 valence electrons. The minimum absolute atomic E-state index is 0.0463. The molecule has 1 aromatic rings. The Kier molecular flexibility index (Phi) is 4.49. The Morgan fingerprint density at radius 3 is 2.50 bits per heavy atom. The summed E-state index contributed by atoms with van der Waals surface area (Å²) < 4.78 is 0. The quantitative estimate of drug-likeness (QED) is 0.634. The van der Waals surface area contributed by atoms with Gasteiger partial charge in [-0.25, -0.2) is 0 Å². The molecule has 0 spiro atoms. The number of nitrogens with zero attached hydrogens (tertiary/aromatic N) is 1. The van der Waals surface area contributed by atoms with E-state index in [-0.39, 0.29) is 17.5 Å². The summed E-state index contributed by atoms with van der Waals surface area (Å²) in [5, 5.41) is 0. The van der Waals surface area contributed by atoms with Crippen LogP contribution < -0.4 is 0 Å². The molecular weight excluding hydrogens is 298 g/mol. The van der Waals surface area contributed by atoms with Crippen LogP contribution in [-0.4, -0.2) is 24.3 Å². The molecule has 3 nitrogen and oxygen atoms in total. The second-order valence-electron chi connectivity index (χ2n) is 6.62. The summed E-state index contributed by atoms with van der Waals surface area (Å²) >= 11 is 0. The van der Waals surface area contributed by atoms with Crippen molar-refractivity contribution in [3.8, 4) is 11.8 Å². The number of hydrogen-bond donors (Lipinski definition) is 0. The van der Waals surface area contributed by atoms with Crippen molar-refractivity contribution in [2.24, 2.45) is 10.9 Å². The van der Waals surface area contributed by atoms with Crippen molar-refractivity contribution in [1.82, 2.24) is 0 Å². The third-order valence-corrected chi connectivity index (χ3v) is 4.83. The van der Waals surface area contributed by atoms with Gasteiger partial charge in [0.2, 0.25) is 0 Å². The smallest absolute Gasteiger partial charge is 0.151 e. The van der Waals surface area contributed by atoms with Crippen LogP contribution >= 0.6 is 0 Å². The van der Waals surface area contributed by atoms with Gasteiger partial charge in [0.1, 0.15) is 11.7 Å². The third kappa shape index (κ3) is 2.97. The molecule has 1 aliphatic heterocycles. The molecule has 1 aromatic carbocycles. The Labute approximate surface area is 142 Å². The fourth-order valence-corrected chi connectivity index (χ4v) is 3.81. The Morgan fingerprint density at radius 2 is 1.92 bits per heavy atom. The van der Waals surface area contributed by atoms with Crippen LogP contribution in [0, 0.1) is 31.6 Å². The Hall–Kier alpha value is -2.47. The summed E-state index contributed by atoms with van der Waals surface area (Å²) in [6.07, 6.45) is 4.73. The summed E-state index contributed by atoms with van der Waals surface area (Å²) in [6.45, 7) is 6.38. The van der Waals surface area contributed by atoms with E-state index in [0.29, 0.717) is 19.4 Å². The molecule has 3 rings (SSSR count). The minimum Gasteiger partial charge on any atom is -0.298 e. The summed E-state index contributed by atoms with van der Waals surface area (Å²) in [4.78, 5) is 29.6. The SMILES string of the molecule is CC#Cc1cc(C)c(C2C(=O)CC(CC3=CC=NC3)C2=O)c(C)c1. The lowest BCUT2D eigenvalue weighted by molar-refractivity contribution is -0.124. The van der Waals surface area contributed by atoms with Gasteiger partial charge in [-0.2, -0.15) is 0 Å². The lowest BCUT2D eigenvalue weighted by atomic mass is 9.85. The number of aryl methyl sites for hydroxylation is 2. The predicted molar refractivity (Wildman–Crippen MR) is 95.4 cm³/mol. The molecule has 0 radical (unpaired) electrons. The van der Waals surface area contributed by atoms with E-state index in [4.69, 9.17) is 0 Å². The Morgan fingerprint density at radius 1 is 1.21 bits per heavy atom. The van der Waals surface area contributed by atoms with Gasteiger partial charge in [0.25, 0.3) is 0 Å². The second kappa shape index (κ2) is 6.57. The number of rotatable bonds is 3. The summed E-state index contributed by atoms with van der Waals surface area (Å²) in [7, 11) is 0. The molecule has 2 atom stereocenters. The van der Waals surface area contributed by atoms with Crippen LogP contribution in [0.25, 0.3) is 0 Å². The number of allylic oxidation sites excluding steroid dienone is 1. The number of hydrogen-bond acceptors (Lipinski definition) is 3. The normalized spacial score (nSPS) is 22.5. The molecule has 0 aromatic heterocycles. The van der Waals surface area contributed by atoms with E-state index in [0.717, 1.165) is 27.8 Å². The zero-order chi connectivity index (χ0) is 17.3. The predicted octanol–water partition coefficient (Wildman–Crippen LogP) is 3.32. The number of benzene rings is 1. The zero-order valence-electron chi connectivity index (χ0n) is 14.3. The number of Topliss-reactive ketones (excluding diaryl/α,β-unsaturated/α-hetero) is 2. The van der Waals surface area contributed by atoms with Crippen LogP contribution in [0.2, 0.25) is 0 Å². The highest BCUT2D eigenvalue weighted by molar-refractivity contribution is 6.15. The molecule has 1 fully saturated rings. The van der Waals surface area contributed by atoms with Gasteiger partial charge in [-0.1, -0.05) is 5.92 Å². The molecule has 1 saturated carbocycles. The van der Waals surface area contributed by atoms with E-state index in [2.05, 4.69) is 16.8 Å². The average molecular weight is 319 g/mol. The monoisotopic (exact) mass is 319 g/mol. The van der Waals surface area contributed by atoms with E-state index in [1.807, 2.05) is 32.1 Å². The highest BCUT2D eigenvalue weighted by Crippen LogP contribution is 2.38. The van der Waals surface area contributed by atoms with Gasteiger partial charge in [0.05, 0.1) is 6.54 Å². The van der Waals surface area contributed by atoms with Gasteiger partial charge in [0.15, 0.2) is 5.78 Å². The van der Waals surface area contributed by atoms with Crippen LogP contribution in [0.15, 0.2) is 28.8 Å². The standard InChI is InChI=1S/C21H21NO2/c1-4-5-15-8-13(2)19(14(3)9-15)20-18(23)11-17(21(20)24)10-16-6-7-22-12-16/h6-9,17,20H,10-12H2,1-3H3. The minimum atomic E-state index is -0.610.